The van der Waals surface area contributed by atoms with Crippen LogP contribution in [0, 0.1) is 0 Å². The number of fused-ring (bicyclic) bond motifs is 1. The zero-order valence-electron chi connectivity index (χ0n) is 21.5. The summed E-state index contributed by atoms with van der Waals surface area (Å²) in [7, 11) is -3.80. The lowest BCUT2D eigenvalue weighted by atomic mass is 10.0. The van der Waals surface area contributed by atoms with Gasteiger partial charge in [-0.2, -0.15) is 31.4 Å². The number of sulfonamides is 1. The van der Waals surface area contributed by atoms with Gasteiger partial charge in [-0.1, -0.05) is 24.3 Å². The number of hydrogen-bond donors (Lipinski definition) is 2. The minimum atomic E-state index is -5.00. The lowest BCUT2D eigenvalue weighted by molar-refractivity contribution is -0.142. The van der Waals surface area contributed by atoms with Crippen LogP contribution >= 0.6 is 0 Å². The molecule has 1 aromatic heterocycles. The van der Waals surface area contributed by atoms with Crippen LogP contribution < -0.4 is 14.9 Å². The number of anilines is 1. The Balaban J connectivity index is 1.60. The molecule has 0 aliphatic carbocycles. The van der Waals surface area contributed by atoms with Crippen molar-refractivity contribution in [3.63, 3.8) is 0 Å². The second-order valence-corrected chi connectivity index (χ2v) is 11.2. The Morgan fingerprint density at radius 2 is 1.63 bits per heavy atom. The Kier molecular flexibility index (Phi) is 7.82. The van der Waals surface area contributed by atoms with Crippen molar-refractivity contribution in [3.05, 3.63) is 82.0 Å². The number of carbonyl (C=O) groups is 2. The number of alkyl halides is 6. The number of nitrogens with zero attached hydrogens (tertiary/aromatic N) is 3. The van der Waals surface area contributed by atoms with Crippen molar-refractivity contribution in [1.29, 1.82) is 0 Å². The normalized spacial score (nSPS) is 14.5. The molecule has 3 aromatic rings. The molecule has 1 aliphatic heterocycles. The fourth-order valence-corrected chi connectivity index (χ4v) is 4.84. The van der Waals surface area contributed by atoms with Gasteiger partial charge in [0, 0.05) is 18.7 Å². The fourth-order valence-electron chi connectivity index (χ4n) is 4.38. The Morgan fingerprint density at radius 1 is 0.976 bits per heavy atom. The summed E-state index contributed by atoms with van der Waals surface area (Å²) in [4.78, 5) is 26.6. The van der Waals surface area contributed by atoms with E-state index < -0.39 is 57.1 Å². The van der Waals surface area contributed by atoms with E-state index in [0.717, 1.165) is 23.1 Å². The van der Waals surface area contributed by atoms with Gasteiger partial charge in [-0.25, -0.2) is 17.8 Å². The highest BCUT2D eigenvalue weighted by atomic mass is 32.2. The van der Waals surface area contributed by atoms with E-state index in [4.69, 9.17) is 0 Å². The lowest BCUT2D eigenvalue weighted by Crippen LogP contribution is -2.31. The summed E-state index contributed by atoms with van der Waals surface area (Å²) >= 11 is 0. The average molecular weight is 604 g/mol. The molecule has 0 radical (unpaired) electrons. The molecule has 16 heteroatoms. The fraction of sp³-hybridized carbons (Fsp3) is 0.320. The molecule has 0 saturated carbocycles. The summed E-state index contributed by atoms with van der Waals surface area (Å²) in [6.07, 6.45) is -8.80. The lowest BCUT2D eigenvalue weighted by Gasteiger charge is -2.21. The molecule has 1 aliphatic rings. The molecule has 2 aromatic carbocycles. The molecule has 0 spiro atoms. The molecule has 2 N–H and O–H groups in total. The number of carbonyl (C=O) groups excluding carboxylic acids is 2. The van der Waals surface area contributed by atoms with Crippen LogP contribution in [0.3, 0.4) is 0 Å². The first kappa shape index (κ1) is 29.9. The molecule has 2 amide bonds. The molecule has 0 fully saturated rings. The molecular weight excluding hydrogens is 580 g/mol. The van der Waals surface area contributed by atoms with Crippen LogP contribution in [0.25, 0.3) is 0 Å². The number of halogens is 6. The van der Waals surface area contributed by atoms with Crippen LogP contribution in [0.5, 0.6) is 0 Å². The van der Waals surface area contributed by atoms with E-state index in [1.165, 1.54) is 48.2 Å². The van der Waals surface area contributed by atoms with Crippen LogP contribution in [0.2, 0.25) is 0 Å². The number of rotatable bonds is 7. The topological polar surface area (TPSA) is 113 Å². The summed E-state index contributed by atoms with van der Waals surface area (Å²) in [5.74, 6) is -2.17. The van der Waals surface area contributed by atoms with Crippen molar-refractivity contribution >= 4 is 27.7 Å². The highest BCUT2D eigenvalue weighted by Crippen LogP contribution is 2.39. The summed E-state index contributed by atoms with van der Waals surface area (Å²) in [5, 5.41) is 6.06. The molecule has 0 saturated heterocycles. The highest BCUT2D eigenvalue weighted by Gasteiger charge is 2.44. The molecule has 1 unspecified atom stereocenters. The predicted octanol–water partition coefficient (Wildman–Crippen LogP) is 4.12. The summed E-state index contributed by atoms with van der Waals surface area (Å²) < 4.78 is 107. The zero-order valence-corrected chi connectivity index (χ0v) is 22.3. The quantitative estimate of drug-likeness (QED) is 0.393. The van der Waals surface area contributed by atoms with E-state index in [1.807, 2.05) is 0 Å². The SMILES string of the molecule is CC(NC(=O)c1c(C(F)(F)F)nn2c1N(Cc1cccc(C(F)(F)F)c1)CC2)c1ccc(C(=O)NS(C)(=O)=O)cc1. The van der Waals surface area contributed by atoms with Crippen molar-refractivity contribution in [2.75, 3.05) is 17.7 Å². The highest BCUT2D eigenvalue weighted by molar-refractivity contribution is 7.89. The Morgan fingerprint density at radius 3 is 2.22 bits per heavy atom. The first-order valence-corrected chi connectivity index (χ1v) is 13.8. The first-order valence-electron chi connectivity index (χ1n) is 12.0. The van der Waals surface area contributed by atoms with Gasteiger partial charge in [0.05, 0.1) is 24.4 Å². The zero-order chi connectivity index (χ0) is 30.3. The third-order valence-corrected chi connectivity index (χ3v) is 6.78. The van der Waals surface area contributed by atoms with Crippen molar-refractivity contribution in [1.82, 2.24) is 19.8 Å². The molecule has 1 atom stereocenters. The van der Waals surface area contributed by atoms with E-state index in [2.05, 4.69) is 10.4 Å². The van der Waals surface area contributed by atoms with Crippen molar-refractivity contribution in [2.24, 2.45) is 0 Å². The van der Waals surface area contributed by atoms with E-state index >= 15 is 0 Å². The van der Waals surface area contributed by atoms with E-state index in [-0.39, 0.29) is 36.6 Å². The Labute approximate surface area is 230 Å². The van der Waals surface area contributed by atoms with Crippen LogP contribution in [0.15, 0.2) is 48.5 Å². The molecule has 2 heterocycles. The maximum atomic E-state index is 13.9. The smallest absolute Gasteiger partial charge is 0.350 e. The van der Waals surface area contributed by atoms with Gasteiger partial charge < -0.3 is 10.2 Å². The average Bonchev–Trinajstić information content (AvgIpc) is 3.43. The third kappa shape index (κ3) is 6.81. The number of aromatic nitrogens is 2. The predicted molar refractivity (Wildman–Crippen MR) is 134 cm³/mol. The molecule has 9 nitrogen and oxygen atoms in total. The molecule has 0 bridgehead atoms. The van der Waals surface area contributed by atoms with Gasteiger partial charge in [0.15, 0.2) is 5.69 Å². The minimum absolute atomic E-state index is 0.00301. The van der Waals surface area contributed by atoms with Gasteiger partial charge in [-0.15, -0.1) is 0 Å². The van der Waals surface area contributed by atoms with Gasteiger partial charge in [0.2, 0.25) is 10.0 Å². The second kappa shape index (κ2) is 10.7. The van der Waals surface area contributed by atoms with Crippen LogP contribution in [-0.4, -0.2) is 42.8 Å². The van der Waals surface area contributed by atoms with Crippen LogP contribution in [0.1, 0.15) is 56.1 Å². The Hall–Kier alpha value is -4.08. The van der Waals surface area contributed by atoms with Crippen LogP contribution in [0.4, 0.5) is 32.2 Å². The maximum Gasteiger partial charge on any atom is 0.436 e. The second-order valence-electron chi connectivity index (χ2n) is 9.41. The molecular formula is C25H23F6N5O4S. The molecule has 41 heavy (non-hydrogen) atoms. The van der Waals surface area contributed by atoms with E-state index in [0.29, 0.717) is 5.56 Å². The van der Waals surface area contributed by atoms with Crippen molar-refractivity contribution in [2.45, 2.75) is 38.4 Å². The minimum Gasteiger partial charge on any atom is -0.350 e. The summed E-state index contributed by atoms with van der Waals surface area (Å²) in [6, 6.07) is 8.88. The summed E-state index contributed by atoms with van der Waals surface area (Å²) in [5.41, 5.74) is -2.53. The molecule has 4 rings (SSSR count). The van der Waals surface area contributed by atoms with Gasteiger partial charge in [-0.05, 0) is 42.3 Å². The number of benzene rings is 2. The van der Waals surface area contributed by atoms with Gasteiger partial charge >= 0.3 is 12.4 Å². The van der Waals surface area contributed by atoms with E-state index in [1.54, 1.807) is 4.72 Å². The largest absolute Gasteiger partial charge is 0.436 e. The monoisotopic (exact) mass is 603 g/mol. The maximum absolute atomic E-state index is 13.9. The van der Waals surface area contributed by atoms with Gasteiger partial charge in [0.25, 0.3) is 11.8 Å². The van der Waals surface area contributed by atoms with Crippen LogP contribution in [-0.2, 0) is 35.5 Å². The number of nitrogens with one attached hydrogen (secondary N) is 2. The Bertz CT molecular complexity index is 1580. The van der Waals surface area contributed by atoms with E-state index in [9.17, 15) is 44.3 Å². The van der Waals surface area contributed by atoms with Gasteiger partial charge in [-0.3, -0.25) is 9.59 Å². The van der Waals surface area contributed by atoms with Crippen molar-refractivity contribution < 1.29 is 44.3 Å². The standard InChI is InChI=1S/C25H23F6N5O4S/c1-14(16-6-8-17(9-7-16)21(37)34-41(2,39)40)32-22(38)19-20(25(29,30)31)33-36-11-10-35(23(19)36)13-15-4-3-5-18(12-15)24(26,27)28/h3-9,12,14H,10-11,13H2,1-2H3,(H,32,38)(H,34,37). The number of amides is 2. The van der Waals surface area contributed by atoms with Gasteiger partial charge in [0.1, 0.15) is 11.4 Å². The number of hydrogen-bond acceptors (Lipinski definition) is 6. The first-order chi connectivity index (χ1) is 18.9. The molecule has 220 valence electrons. The third-order valence-electron chi connectivity index (χ3n) is 6.23. The van der Waals surface area contributed by atoms with Crippen molar-refractivity contribution in [3.8, 4) is 0 Å². The summed E-state index contributed by atoms with van der Waals surface area (Å²) in [6.45, 7) is 1.39.